The average molecular weight is 397 g/mol. The summed E-state index contributed by atoms with van der Waals surface area (Å²) in [5, 5.41) is 2.63. The maximum Gasteiger partial charge on any atom is 0.367 e. The van der Waals surface area contributed by atoms with E-state index < -0.39 is 13.6 Å². The van der Waals surface area contributed by atoms with Gasteiger partial charge in [0.25, 0.3) is 0 Å². The molecule has 140 valence electrons. The second kappa shape index (κ2) is 7.75. The van der Waals surface area contributed by atoms with E-state index in [-0.39, 0.29) is 19.6 Å². The van der Waals surface area contributed by atoms with Crippen molar-refractivity contribution in [1.29, 1.82) is 0 Å². The Hall–Kier alpha value is -1.93. The maximum absolute atomic E-state index is 12.6. The van der Waals surface area contributed by atoms with Gasteiger partial charge < -0.3 is 24.8 Å². The second-order valence-electron chi connectivity index (χ2n) is 5.47. The molecule has 1 aromatic carbocycles. The number of nitrogens with one attached hydrogen (secondary N) is 1. The Morgan fingerprint density at radius 1 is 1.35 bits per heavy atom. The number of nitrogens with two attached hydrogens (primary N) is 1. The quantitative estimate of drug-likeness (QED) is 0.559. The molecule has 1 aromatic heterocycles. The van der Waals surface area contributed by atoms with Crippen LogP contribution in [-0.4, -0.2) is 30.6 Å². The van der Waals surface area contributed by atoms with Crippen LogP contribution < -0.4 is 15.8 Å². The molecule has 1 heterocycles. The lowest BCUT2D eigenvalue weighted by Gasteiger charge is -2.19. The predicted octanol–water partition coefficient (Wildman–Crippen LogP) is 3.81. The summed E-state index contributed by atoms with van der Waals surface area (Å²) >= 11 is 1.53. The number of anilines is 1. The lowest BCUT2D eigenvalue weighted by atomic mass is 10.1. The summed E-state index contributed by atoms with van der Waals surface area (Å²) in [5.41, 5.74) is 10.1. The molecule has 0 saturated carbocycles. The number of benzene rings is 1. The van der Waals surface area contributed by atoms with E-state index in [4.69, 9.17) is 19.5 Å². The molecule has 3 N–H and O–H groups in total. The van der Waals surface area contributed by atoms with Gasteiger partial charge in [-0.25, -0.2) is 9.78 Å². The number of amides is 2. The molecule has 2 amide bonds. The van der Waals surface area contributed by atoms with Crippen molar-refractivity contribution in [2.45, 2.75) is 20.3 Å². The number of nitrogens with zero attached hydrogens (tertiary/aromatic N) is 1. The van der Waals surface area contributed by atoms with Gasteiger partial charge in [0, 0.05) is 22.5 Å². The summed E-state index contributed by atoms with van der Waals surface area (Å²) in [6.45, 7) is 4.01. The molecule has 0 unspecified atom stereocenters. The number of ether oxygens (including phenoxy) is 1. The highest BCUT2D eigenvalue weighted by Gasteiger charge is 2.30. The second-order valence-corrected chi connectivity index (χ2v) is 8.41. The van der Waals surface area contributed by atoms with Gasteiger partial charge in [0.05, 0.1) is 24.4 Å². The van der Waals surface area contributed by atoms with E-state index in [1.807, 2.05) is 0 Å². The van der Waals surface area contributed by atoms with Crippen molar-refractivity contribution in [3.05, 3.63) is 28.1 Å². The fraction of sp³-hybridized carbons (Fsp3) is 0.375. The van der Waals surface area contributed by atoms with Crippen LogP contribution in [0.1, 0.15) is 24.3 Å². The zero-order valence-electron chi connectivity index (χ0n) is 14.5. The molecule has 0 fully saturated rings. The minimum absolute atomic E-state index is 0.205. The van der Waals surface area contributed by atoms with Gasteiger partial charge in [0.1, 0.15) is 5.75 Å². The van der Waals surface area contributed by atoms with Crippen LogP contribution in [-0.2, 0) is 20.0 Å². The van der Waals surface area contributed by atoms with Crippen molar-refractivity contribution < 1.29 is 23.1 Å². The van der Waals surface area contributed by atoms with Crippen LogP contribution in [0.5, 0.6) is 5.75 Å². The highest BCUT2D eigenvalue weighted by Crippen LogP contribution is 2.51. The molecule has 3 rings (SSSR count). The molecule has 0 bridgehead atoms. The molecule has 1 aliphatic carbocycles. The number of rotatable bonds is 8. The Morgan fingerprint density at radius 3 is 2.73 bits per heavy atom. The molecule has 0 aliphatic heterocycles. The van der Waals surface area contributed by atoms with Crippen LogP contribution in [0.25, 0.3) is 11.3 Å². The lowest BCUT2D eigenvalue weighted by Crippen LogP contribution is -2.20. The molecule has 2 aromatic rings. The minimum atomic E-state index is -3.34. The number of primary amides is 1. The van der Waals surface area contributed by atoms with Gasteiger partial charge in [-0.15, -0.1) is 11.3 Å². The highest BCUT2D eigenvalue weighted by molar-refractivity contribution is 7.53. The topological polar surface area (TPSA) is 113 Å². The van der Waals surface area contributed by atoms with E-state index in [1.165, 1.54) is 11.3 Å². The first kappa shape index (κ1) is 18.8. The van der Waals surface area contributed by atoms with E-state index in [1.54, 1.807) is 31.5 Å². The maximum atomic E-state index is 12.6. The molecule has 26 heavy (non-hydrogen) atoms. The number of thiazole rings is 1. The van der Waals surface area contributed by atoms with Crippen LogP contribution in [0, 0.1) is 0 Å². The number of hydrogen-bond acceptors (Lipinski definition) is 7. The van der Waals surface area contributed by atoms with Crippen molar-refractivity contribution in [1.82, 2.24) is 4.98 Å². The molecule has 8 nitrogen and oxygen atoms in total. The number of carbonyl (C=O) groups is 1. The number of fused-ring (bicyclic) bond motifs is 3. The zero-order valence-corrected chi connectivity index (χ0v) is 16.2. The van der Waals surface area contributed by atoms with Crippen LogP contribution in [0.15, 0.2) is 17.6 Å². The summed E-state index contributed by atoms with van der Waals surface area (Å²) < 4.78 is 29.0. The van der Waals surface area contributed by atoms with Gasteiger partial charge in [-0.1, -0.05) is 0 Å². The van der Waals surface area contributed by atoms with Crippen LogP contribution in [0.4, 0.5) is 10.5 Å². The van der Waals surface area contributed by atoms with Gasteiger partial charge in [-0.05, 0) is 31.5 Å². The summed E-state index contributed by atoms with van der Waals surface area (Å²) in [5.74, 6) is 0.513. The molecular formula is C16H20N3O5PS. The normalized spacial score (nSPS) is 12.5. The number of hydrogen-bond donors (Lipinski definition) is 2. The molecule has 0 radical (unpaired) electrons. The fourth-order valence-electron chi connectivity index (χ4n) is 2.85. The van der Waals surface area contributed by atoms with Crippen LogP contribution >= 0.6 is 18.9 Å². The summed E-state index contributed by atoms with van der Waals surface area (Å²) in [4.78, 5) is 16.7. The first-order chi connectivity index (χ1) is 12.5. The predicted molar refractivity (Wildman–Crippen MR) is 99.9 cm³/mol. The van der Waals surface area contributed by atoms with Crippen molar-refractivity contribution >= 4 is 30.7 Å². The number of carbonyl (C=O) groups excluding carboxylic acids is 1. The van der Waals surface area contributed by atoms with E-state index in [0.717, 1.165) is 21.7 Å². The van der Waals surface area contributed by atoms with Crippen molar-refractivity contribution in [3.63, 3.8) is 0 Å². The van der Waals surface area contributed by atoms with Crippen LogP contribution in [0.3, 0.4) is 0 Å². The molecule has 0 atom stereocenters. The molecule has 0 spiro atoms. The van der Waals surface area contributed by atoms with Gasteiger partial charge in [0.2, 0.25) is 0 Å². The Bertz CT molecular complexity index is 860. The third-order valence-electron chi connectivity index (χ3n) is 3.78. The van der Waals surface area contributed by atoms with E-state index in [9.17, 15) is 9.36 Å². The van der Waals surface area contributed by atoms with E-state index in [0.29, 0.717) is 17.9 Å². The Balaban J connectivity index is 1.93. The summed E-state index contributed by atoms with van der Waals surface area (Å²) in [6, 6.07) is 2.77. The first-order valence-electron chi connectivity index (χ1n) is 8.13. The zero-order chi connectivity index (χ0) is 18.7. The minimum Gasteiger partial charge on any atom is -0.480 e. The first-order valence-corrected chi connectivity index (χ1v) is 10.7. The Kier molecular flexibility index (Phi) is 5.62. The highest BCUT2D eigenvalue weighted by atomic mass is 32.1. The molecular weight excluding hydrogens is 377 g/mol. The standard InChI is InChI=1S/C16H20N3O5PS/c1-3-23-25(21,24-4-2)9-22-12-6-5-11(19-16(17)20)10-7-13-15(14(10)12)18-8-26-13/h5-6,8H,3-4,7,9H2,1-2H3,(H3,17,19,20). The van der Waals surface area contributed by atoms with Gasteiger partial charge in [-0.3, -0.25) is 4.57 Å². The number of aromatic nitrogens is 1. The van der Waals surface area contributed by atoms with Gasteiger partial charge in [-0.2, -0.15) is 0 Å². The fourth-order valence-corrected chi connectivity index (χ4v) is 4.94. The lowest BCUT2D eigenvalue weighted by molar-refractivity contribution is 0.197. The smallest absolute Gasteiger partial charge is 0.367 e. The monoisotopic (exact) mass is 397 g/mol. The third kappa shape index (κ3) is 3.76. The van der Waals surface area contributed by atoms with E-state index >= 15 is 0 Å². The van der Waals surface area contributed by atoms with Crippen LogP contribution in [0.2, 0.25) is 0 Å². The van der Waals surface area contributed by atoms with Gasteiger partial charge in [0.15, 0.2) is 6.35 Å². The molecule has 1 aliphatic rings. The largest absolute Gasteiger partial charge is 0.480 e. The van der Waals surface area contributed by atoms with Crippen molar-refractivity contribution in [3.8, 4) is 17.0 Å². The van der Waals surface area contributed by atoms with Gasteiger partial charge >= 0.3 is 13.6 Å². The van der Waals surface area contributed by atoms with Crippen molar-refractivity contribution in [2.24, 2.45) is 5.73 Å². The average Bonchev–Trinajstić information content (AvgIpc) is 3.15. The number of urea groups is 1. The van der Waals surface area contributed by atoms with E-state index in [2.05, 4.69) is 10.3 Å². The molecule has 10 heteroatoms. The third-order valence-corrected chi connectivity index (χ3v) is 6.36. The molecule has 0 saturated heterocycles. The summed E-state index contributed by atoms with van der Waals surface area (Å²) in [6.07, 6.45) is 0.417. The summed E-state index contributed by atoms with van der Waals surface area (Å²) in [7, 11) is -3.34. The van der Waals surface area contributed by atoms with Crippen molar-refractivity contribution in [2.75, 3.05) is 24.9 Å². The Morgan fingerprint density at radius 2 is 2.08 bits per heavy atom. The SMILES string of the molecule is CCOP(=O)(COc1ccc(NC(N)=O)c2c1-c1ncsc1C2)OCC. The Labute approximate surface area is 155 Å².